The van der Waals surface area contributed by atoms with E-state index in [4.69, 9.17) is 15.6 Å². The molecule has 0 saturated carbocycles. The van der Waals surface area contributed by atoms with Crippen molar-refractivity contribution in [2.75, 3.05) is 13.1 Å². The minimum atomic E-state index is -0.353. The first-order valence-electron chi connectivity index (χ1n) is 6.60. The molecule has 104 valence electrons. The predicted octanol–water partition coefficient (Wildman–Crippen LogP) is 0.557. The SMILES string of the molecule is NCC1CCC(C(=O)NCCc2ccc(O)cc2)O1. The number of phenols is 1. The molecule has 4 N–H and O–H groups in total. The molecular weight excluding hydrogens is 244 g/mol. The molecule has 0 aromatic heterocycles. The van der Waals surface area contributed by atoms with E-state index in [1.165, 1.54) is 0 Å². The van der Waals surface area contributed by atoms with Crippen LogP contribution in [0.3, 0.4) is 0 Å². The summed E-state index contributed by atoms with van der Waals surface area (Å²) in [5.74, 6) is 0.190. The average molecular weight is 264 g/mol. The lowest BCUT2D eigenvalue weighted by molar-refractivity contribution is -0.131. The molecule has 0 bridgehead atoms. The molecule has 0 radical (unpaired) electrons. The minimum Gasteiger partial charge on any atom is -0.508 e. The average Bonchev–Trinajstić information content (AvgIpc) is 2.90. The first kappa shape index (κ1) is 13.8. The van der Waals surface area contributed by atoms with E-state index in [-0.39, 0.29) is 23.9 Å². The summed E-state index contributed by atoms with van der Waals surface area (Å²) in [6.07, 6.45) is 2.00. The molecule has 5 nitrogen and oxygen atoms in total. The fourth-order valence-corrected chi connectivity index (χ4v) is 2.18. The monoisotopic (exact) mass is 264 g/mol. The largest absolute Gasteiger partial charge is 0.508 e. The molecule has 1 aromatic rings. The number of benzene rings is 1. The van der Waals surface area contributed by atoms with Crippen LogP contribution in [0.25, 0.3) is 0 Å². The van der Waals surface area contributed by atoms with Crippen LogP contribution in [0.15, 0.2) is 24.3 Å². The van der Waals surface area contributed by atoms with Crippen molar-refractivity contribution in [1.82, 2.24) is 5.32 Å². The molecular formula is C14H20N2O3. The van der Waals surface area contributed by atoms with Crippen LogP contribution >= 0.6 is 0 Å². The van der Waals surface area contributed by atoms with Crippen LogP contribution in [0.4, 0.5) is 0 Å². The van der Waals surface area contributed by atoms with Gasteiger partial charge in [0, 0.05) is 13.1 Å². The van der Waals surface area contributed by atoms with E-state index in [9.17, 15) is 4.79 Å². The maximum atomic E-state index is 11.8. The summed E-state index contributed by atoms with van der Waals surface area (Å²) in [5.41, 5.74) is 6.58. The smallest absolute Gasteiger partial charge is 0.249 e. The third kappa shape index (κ3) is 3.94. The van der Waals surface area contributed by atoms with E-state index in [1.807, 2.05) is 12.1 Å². The Balaban J connectivity index is 1.71. The zero-order valence-corrected chi connectivity index (χ0v) is 10.8. The van der Waals surface area contributed by atoms with Gasteiger partial charge in [0.15, 0.2) is 0 Å². The van der Waals surface area contributed by atoms with E-state index >= 15 is 0 Å². The lowest BCUT2D eigenvalue weighted by Crippen LogP contribution is -2.36. The molecule has 5 heteroatoms. The number of hydrogen-bond acceptors (Lipinski definition) is 4. The number of carbonyl (C=O) groups excluding carboxylic acids is 1. The van der Waals surface area contributed by atoms with E-state index < -0.39 is 0 Å². The number of nitrogens with one attached hydrogen (secondary N) is 1. The van der Waals surface area contributed by atoms with E-state index in [0.29, 0.717) is 13.1 Å². The number of rotatable bonds is 5. The highest BCUT2D eigenvalue weighted by molar-refractivity contribution is 5.81. The number of phenolic OH excluding ortho intramolecular Hbond substituents is 1. The van der Waals surface area contributed by atoms with E-state index in [1.54, 1.807) is 12.1 Å². The molecule has 19 heavy (non-hydrogen) atoms. The third-order valence-corrected chi connectivity index (χ3v) is 3.31. The first-order valence-corrected chi connectivity index (χ1v) is 6.60. The second-order valence-electron chi connectivity index (χ2n) is 4.77. The number of aromatic hydroxyl groups is 1. The van der Waals surface area contributed by atoms with Crippen molar-refractivity contribution in [3.63, 3.8) is 0 Å². The minimum absolute atomic E-state index is 0.0212. The van der Waals surface area contributed by atoms with Gasteiger partial charge in [0.2, 0.25) is 5.91 Å². The van der Waals surface area contributed by atoms with Gasteiger partial charge in [-0.05, 0) is 37.0 Å². The van der Waals surface area contributed by atoms with Crippen LogP contribution in [0.2, 0.25) is 0 Å². The summed E-state index contributed by atoms with van der Waals surface area (Å²) >= 11 is 0. The number of amides is 1. The van der Waals surface area contributed by atoms with Gasteiger partial charge in [0.05, 0.1) is 6.10 Å². The van der Waals surface area contributed by atoms with Crippen molar-refractivity contribution in [2.45, 2.75) is 31.5 Å². The summed E-state index contributed by atoms with van der Waals surface area (Å²) in [5, 5.41) is 12.0. The van der Waals surface area contributed by atoms with Crippen LogP contribution in [0.1, 0.15) is 18.4 Å². The number of nitrogens with two attached hydrogens (primary N) is 1. The van der Waals surface area contributed by atoms with Crippen LogP contribution in [-0.4, -0.2) is 36.3 Å². The maximum Gasteiger partial charge on any atom is 0.249 e. The summed E-state index contributed by atoms with van der Waals surface area (Å²) in [7, 11) is 0. The Hall–Kier alpha value is -1.59. The second kappa shape index (κ2) is 6.54. The maximum absolute atomic E-state index is 11.8. The Morgan fingerprint density at radius 2 is 2.11 bits per heavy atom. The highest BCUT2D eigenvalue weighted by atomic mass is 16.5. The fourth-order valence-electron chi connectivity index (χ4n) is 2.18. The summed E-state index contributed by atoms with van der Waals surface area (Å²) in [4.78, 5) is 11.8. The molecule has 1 aliphatic rings. The molecule has 2 unspecified atom stereocenters. The van der Waals surface area contributed by atoms with Crippen molar-refractivity contribution >= 4 is 5.91 Å². The van der Waals surface area contributed by atoms with Gasteiger partial charge in [0.25, 0.3) is 0 Å². The lowest BCUT2D eigenvalue weighted by atomic mass is 10.1. The van der Waals surface area contributed by atoms with Gasteiger partial charge in [-0.25, -0.2) is 0 Å². The Bertz CT molecular complexity index is 419. The van der Waals surface area contributed by atoms with Crippen LogP contribution in [-0.2, 0) is 16.0 Å². The molecule has 1 aliphatic heterocycles. The van der Waals surface area contributed by atoms with Crippen molar-refractivity contribution in [2.24, 2.45) is 5.73 Å². The molecule has 0 aliphatic carbocycles. The van der Waals surface area contributed by atoms with Crippen molar-refractivity contribution in [3.8, 4) is 5.75 Å². The topological polar surface area (TPSA) is 84.6 Å². The predicted molar refractivity (Wildman–Crippen MR) is 71.8 cm³/mol. The Labute approximate surface area is 112 Å². The van der Waals surface area contributed by atoms with Gasteiger partial charge in [-0.2, -0.15) is 0 Å². The summed E-state index contributed by atoms with van der Waals surface area (Å²) < 4.78 is 5.52. The van der Waals surface area contributed by atoms with Gasteiger partial charge in [-0.15, -0.1) is 0 Å². The Morgan fingerprint density at radius 1 is 1.37 bits per heavy atom. The highest BCUT2D eigenvalue weighted by Crippen LogP contribution is 2.18. The molecule has 2 rings (SSSR count). The molecule has 1 amide bonds. The number of carbonyl (C=O) groups is 1. The van der Waals surface area contributed by atoms with Crippen LogP contribution in [0.5, 0.6) is 5.75 Å². The van der Waals surface area contributed by atoms with Gasteiger partial charge in [-0.3, -0.25) is 4.79 Å². The lowest BCUT2D eigenvalue weighted by Gasteiger charge is -2.12. The Morgan fingerprint density at radius 3 is 2.74 bits per heavy atom. The summed E-state index contributed by atoms with van der Waals surface area (Å²) in [6.45, 7) is 1.04. The first-order chi connectivity index (χ1) is 9.19. The highest BCUT2D eigenvalue weighted by Gasteiger charge is 2.29. The third-order valence-electron chi connectivity index (χ3n) is 3.31. The van der Waals surface area contributed by atoms with Crippen molar-refractivity contribution < 1.29 is 14.6 Å². The zero-order chi connectivity index (χ0) is 13.7. The second-order valence-corrected chi connectivity index (χ2v) is 4.77. The normalized spacial score (nSPS) is 22.4. The summed E-state index contributed by atoms with van der Waals surface area (Å²) in [6, 6.07) is 6.97. The number of ether oxygens (including phenoxy) is 1. The van der Waals surface area contributed by atoms with Crippen LogP contribution in [0, 0.1) is 0 Å². The molecule has 1 saturated heterocycles. The fraction of sp³-hybridized carbons (Fsp3) is 0.500. The quantitative estimate of drug-likeness (QED) is 0.725. The Kier molecular flexibility index (Phi) is 4.76. The van der Waals surface area contributed by atoms with Gasteiger partial charge >= 0.3 is 0 Å². The van der Waals surface area contributed by atoms with Crippen molar-refractivity contribution in [3.05, 3.63) is 29.8 Å². The van der Waals surface area contributed by atoms with E-state index in [2.05, 4.69) is 5.32 Å². The molecule has 1 fully saturated rings. The number of hydrogen-bond donors (Lipinski definition) is 3. The zero-order valence-electron chi connectivity index (χ0n) is 10.8. The molecule has 0 spiro atoms. The molecule has 1 heterocycles. The standard InChI is InChI=1S/C14H20N2O3/c15-9-12-5-6-13(19-12)14(18)16-8-7-10-1-3-11(17)4-2-10/h1-4,12-13,17H,5-9,15H2,(H,16,18). The van der Waals surface area contributed by atoms with Crippen LogP contribution < -0.4 is 11.1 Å². The van der Waals surface area contributed by atoms with E-state index in [0.717, 1.165) is 24.8 Å². The molecule has 1 aromatic carbocycles. The van der Waals surface area contributed by atoms with Gasteiger partial charge in [0.1, 0.15) is 11.9 Å². The van der Waals surface area contributed by atoms with Crippen molar-refractivity contribution in [1.29, 1.82) is 0 Å². The van der Waals surface area contributed by atoms with Gasteiger partial charge < -0.3 is 20.9 Å². The van der Waals surface area contributed by atoms with Gasteiger partial charge in [-0.1, -0.05) is 12.1 Å². The molecule has 2 atom stereocenters.